The number of benzene rings is 2. The van der Waals surface area contributed by atoms with Crippen molar-refractivity contribution >= 4 is 23.5 Å². The van der Waals surface area contributed by atoms with Crippen molar-refractivity contribution in [3.63, 3.8) is 0 Å². The van der Waals surface area contributed by atoms with Crippen molar-refractivity contribution in [1.82, 2.24) is 15.5 Å². The number of nitro groups is 1. The number of carboxylic acid groups (broad SMARTS) is 1. The molecule has 2 aromatic carbocycles. The first kappa shape index (κ1) is 24.7. The number of ether oxygens (including phenoxy) is 2. The van der Waals surface area contributed by atoms with Crippen molar-refractivity contribution in [1.29, 1.82) is 0 Å². The monoisotopic (exact) mass is 496 g/mol. The van der Waals surface area contributed by atoms with Gasteiger partial charge in [-0.25, -0.2) is 9.59 Å². The lowest BCUT2D eigenvalue weighted by molar-refractivity contribution is -0.384. The fraction of sp³-hybridized carbons (Fsp3) is 0.292. The number of non-ortho nitro benzene ring substituents is 1. The number of nitrogens with zero attached hydrogens (tertiary/aromatic N) is 2. The van der Waals surface area contributed by atoms with E-state index in [9.17, 15) is 29.6 Å². The Bertz CT molecular complexity index is 1260. The van der Waals surface area contributed by atoms with Crippen LogP contribution in [0.2, 0.25) is 0 Å². The lowest BCUT2D eigenvalue weighted by Gasteiger charge is -2.37. The van der Waals surface area contributed by atoms with Crippen LogP contribution in [0.5, 0.6) is 11.5 Å². The summed E-state index contributed by atoms with van der Waals surface area (Å²) in [6.45, 7) is 2.16. The molecule has 2 aliphatic heterocycles. The van der Waals surface area contributed by atoms with Crippen molar-refractivity contribution in [3.05, 3.63) is 75.0 Å². The Hall–Kier alpha value is -4.45. The van der Waals surface area contributed by atoms with E-state index in [0.29, 0.717) is 35.6 Å². The Morgan fingerprint density at radius 2 is 2.00 bits per heavy atom. The average Bonchev–Trinajstić information content (AvgIpc) is 3.32. The number of fused-ring (bicyclic) bond motifs is 1. The van der Waals surface area contributed by atoms with Gasteiger partial charge in [0.2, 0.25) is 6.79 Å². The Balaban J connectivity index is 1.42. The highest BCUT2D eigenvalue weighted by atomic mass is 16.7. The normalized spacial score (nSPS) is 16.6. The van der Waals surface area contributed by atoms with E-state index >= 15 is 0 Å². The molecule has 188 valence electrons. The SMILES string of the molecule is CC1=C(C(=O)O)C(c2cccc([N+](=O)[O-])c2)N(CCCNCC(=O)c2ccc3c(c2)OCO3)C(=O)N1. The number of urea groups is 1. The number of hydrogen-bond donors (Lipinski definition) is 3. The number of carbonyl (C=O) groups excluding carboxylic acids is 2. The molecule has 12 nitrogen and oxygen atoms in total. The van der Waals surface area contributed by atoms with Gasteiger partial charge in [0, 0.05) is 29.9 Å². The van der Waals surface area contributed by atoms with Crippen LogP contribution in [-0.2, 0) is 4.79 Å². The molecule has 3 N–H and O–H groups in total. The second-order valence-corrected chi connectivity index (χ2v) is 8.24. The van der Waals surface area contributed by atoms with Crippen LogP contribution >= 0.6 is 0 Å². The molecule has 36 heavy (non-hydrogen) atoms. The third-order valence-electron chi connectivity index (χ3n) is 5.90. The van der Waals surface area contributed by atoms with Gasteiger partial charge in [0.1, 0.15) is 0 Å². The van der Waals surface area contributed by atoms with Crippen LogP contribution in [0, 0.1) is 10.1 Å². The van der Waals surface area contributed by atoms with Gasteiger partial charge in [0.15, 0.2) is 17.3 Å². The Kier molecular flexibility index (Phi) is 7.15. The van der Waals surface area contributed by atoms with Crippen LogP contribution in [0.4, 0.5) is 10.5 Å². The first-order valence-electron chi connectivity index (χ1n) is 11.2. The largest absolute Gasteiger partial charge is 0.478 e. The molecular weight excluding hydrogens is 472 g/mol. The number of hydrogen-bond acceptors (Lipinski definition) is 8. The molecule has 0 bridgehead atoms. The maximum atomic E-state index is 12.8. The molecule has 2 aromatic rings. The molecule has 0 aliphatic carbocycles. The molecule has 1 unspecified atom stereocenters. The molecule has 2 heterocycles. The highest BCUT2D eigenvalue weighted by molar-refractivity contribution is 5.98. The number of Topliss-reactive ketones (excluding diaryl/α,β-unsaturated/α-hetero) is 1. The van der Waals surface area contributed by atoms with Crippen molar-refractivity contribution in [2.75, 3.05) is 26.4 Å². The number of rotatable bonds is 10. The molecule has 0 saturated carbocycles. The lowest BCUT2D eigenvalue weighted by atomic mass is 9.93. The molecule has 0 fully saturated rings. The fourth-order valence-electron chi connectivity index (χ4n) is 4.19. The van der Waals surface area contributed by atoms with Crippen LogP contribution in [0.3, 0.4) is 0 Å². The van der Waals surface area contributed by atoms with Gasteiger partial charge in [-0.3, -0.25) is 14.9 Å². The van der Waals surface area contributed by atoms with E-state index in [1.165, 1.54) is 30.0 Å². The molecule has 1 atom stereocenters. The predicted octanol–water partition coefficient (Wildman–Crippen LogP) is 2.61. The molecule has 0 spiro atoms. The fourth-order valence-corrected chi connectivity index (χ4v) is 4.19. The zero-order valence-electron chi connectivity index (χ0n) is 19.4. The summed E-state index contributed by atoms with van der Waals surface area (Å²) in [6, 6.07) is 9.02. The number of amides is 2. The second-order valence-electron chi connectivity index (χ2n) is 8.24. The first-order chi connectivity index (χ1) is 17.3. The smallest absolute Gasteiger partial charge is 0.335 e. The minimum atomic E-state index is -1.23. The van der Waals surface area contributed by atoms with Gasteiger partial charge in [-0.05, 0) is 43.7 Å². The van der Waals surface area contributed by atoms with Gasteiger partial charge in [-0.1, -0.05) is 12.1 Å². The number of ketones is 1. The molecule has 4 rings (SSSR count). The minimum Gasteiger partial charge on any atom is -0.478 e. The highest BCUT2D eigenvalue weighted by Crippen LogP contribution is 2.35. The third-order valence-corrected chi connectivity index (χ3v) is 5.90. The third kappa shape index (κ3) is 5.13. The van der Waals surface area contributed by atoms with E-state index in [0.717, 1.165) is 0 Å². The predicted molar refractivity (Wildman–Crippen MR) is 126 cm³/mol. The van der Waals surface area contributed by atoms with Crippen LogP contribution in [-0.4, -0.2) is 59.1 Å². The van der Waals surface area contributed by atoms with Crippen LogP contribution in [0.15, 0.2) is 53.7 Å². The summed E-state index contributed by atoms with van der Waals surface area (Å²) in [6.07, 6.45) is 0.402. The standard InChI is InChI=1S/C24H24N4O8/c1-14-21(23(30)31)22(16-4-2-5-17(10-16)28(33)34)27(24(32)26-14)9-3-8-25-12-18(29)15-6-7-19-20(11-15)36-13-35-19/h2,4-7,10-11,22,25H,3,8-9,12-13H2,1H3,(H,26,32)(H,30,31). The molecule has 2 amide bonds. The number of nitrogens with one attached hydrogen (secondary N) is 2. The maximum absolute atomic E-state index is 12.8. The zero-order valence-corrected chi connectivity index (χ0v) is 19.4. The van der Waals surface area contributed by atoms with Gasteiger partial charge in [-0.15, -0.1) is 0 Å². The van der Waals surface area contributed by atoms with Crippen molar-refractivity contribution in [2.24, 2.45) is 0 Å². The van der Waals surface area contributed by atoms with E-state index in [-0.39, 0.29) is 42.6 Å². The topological polar surface area (TPSA) is 160 Å². The molecule has 0 aromatic heterocycles. The highest BCUT2D eigenvalue weighted by Gasteiger charge is 2.38. The van der Waals surface area contributed by atoms with Gasteiger partial charge in [-0.2, -0.15) is 0 Å². The van der Waals surface area contributed by atoms with Gasteiger partial charge < -0.3 is 30.1 Å². The summed E-state index contributed by atoms with van der Waals surface area (Å²) in [5, 5.41) is 26.7. The second kappa shape index (κ2) is 10.4. The van der Waals surface area contributed by atoms with Crippen LogP contribution in [0.25, 0.3) is 0 Å². The Morgan fingerprint density at radius 1 is 1.22 bits per heavy atom. The molecule has 12 heteroatoms. The quantitative estimate of drug-likeness (QED) is 0.194. The zero-order chi connectivity index (χ0) is 25.8. The van der Waals surface area contributed by atoms with Gasteiger partial charge in [0.05, 0.1) is 23.1 Å². The average molecular weight is 496 g/mol. The number of allylic oxidation sites excluding steroid dienone is 1. The maximum Gasteiger partial charge on any atom is 0.335 e. The van der Waals surface area contributed by atoms with Gasteiger partial charge in [0.25, 0.3) is 5.69 Å². The summed E-state index contributed by atoms with van der Waals surface area (Å²) < 4.78 is 10.5. The van der Waals surface area contributed by atoms with Crippen molar-refractivity contribution < 1.29 is 33.9 Å². The lowest BCUT2D eigenvalue weighted by Crippen LogP contribution is -2.49. The van der Waals surface area contributed by atoms with Gasteiger partial charge >= 0.3 is 12.0 Å². The first-order valence-corrected chi connectivity index (χ1v) is 11.2. The number of aliphatic carboxylic acids is 1. The Morgan fingerprint density at radius 3 is 2.75 bits per heavy atom. The minimum absolute atomic E-state index is 0.0551. The van der Waals surface area contributed by atoms with E-state index in [2.05, 4.69) is 10.6 Å². The number of carbonyl (C=O) groups is 3. The van der Waals surface area contributed by atoms with Crippen molar-refractivity contribution in [3.8, 4) is 11.5 Å². The molecule has 0 saturated heterocycles. The number of carboxylic acids is 1. The van der Waals surface area contributed by atoms with Crippen LogP contribution < -0.4 is 20.1 Å². The van der Waals surface area contributed by atoms with Crippen molar-refractivity contribution in [2.45, 2.75) is 19.4 Å². The molecular formula is C24H24N4O8. The van der Waals surface area contributed by atoms with E-state index in [1.54, 1.807) is 24.3 Å². The summed E-state index contributed by atoms with van der Waals surface area (Å²) in [7, 11) is 0. The van der Waals surface area contributed by atoms with E-state index < -0.39 is 23.0 Å². The summed E-state index contributed by atoms with van der Waals surface area (Å²) in [4.78, 5) is 49.3. The number of nitro benzene ring substituents is 1. The molecule has 0 radical (unpaired) electrons. The summed E-state index contributed by atoms with van der Waals surface area (Å²) in [5.41, 5.74) is 0.694. The summed E-state index contributed by atoms with van der Waals surface area (Å²) >= 11 is 0. The molecule has 2 aliphatic rings. The van der Waals surface area contributed by atoms with E-state index in [1.807, 2.05) is 0 Å². The van der Waals surface area contributed by atoms with E-state index in [4.69, 9.17) is 9.47 Å². The summed E-state index contributed by atoms with van der Waals surface area (Å²) in [5.74, 6) is -0.281. The Labute approximate surface area is 205 Å². The van der Waals surface area contributed by atoms with Crippen LogP contribution in [0.1, 0.15) is 35.3 Å².